The minimum atomic E-state index is 0.137. The molecule has 3 aromatic rings. The number of hydrogen-bond donors (Lipinski definition) is 1. The van der Waals surface area contributed by atoms with Gasteiger partial charge in [0.15, 0.2) is 5.75 Å². The minimum Gasteiger partial charge on any atom is -0.405 e. The molecule has 120 valence electrons. The quantitative estimate of drug-likeness (QED) is 0.759. The Kier molecular flexibility index (Phi) is 3.93. The first-order valence-corrected chi connectivity index (χ1v) is 8.19. The molecule has 0 saturated heterocycles. The van der Waals surface area contributed by atoms with Crippen molar-refractivity contribution in [2.75, 3.05) is 12.4 Å². The lowest BCUT2D eigenvalue weighted by atomic mass is 9.97. The molecule has 0 aliphatic carbocycles. The number of anilines is 1. The lowest BCUT2D eigenvalue weighted by molar-refractivity contribution is -0.0320. The van der Waals surface area contributed by atoms with E-state index in [0.29, 0.717) is 0 Å². The van der Waals surface area contributed by atoms with Gasteiger partial charge in [0.2, 0.25) is 0 Å². The third-order valence-electron chi connectivity index (χ3n) is 4.39. The van der Waals surface area contributed by atoms with Gasteiger partial charge in [-0.1, -0.05) is 66.7 Å². The molecule has 24 heavy (non-hydrogen) atoms. The van der Waals surface area contributed by atoms with E-state index >= 15 is 0 Å². The van der Waals surface area contributed by atoms with Crippen molar-refractivity contribution in [3.05, 3.63) is 95.6 Å². The SMILES string of the molecule is CN1Oc2c(CNc3ccccc3)cccc2C1c1ccccc1. The minimum absolute atomic E-state index is 0.137. The number of hydrogen-bond acceptors (Lipinski definition) is 3. The van der Waals surface area contributed by atoms with Crippen molar-refractivity contribution in [1.29, 1.82) is 0 Å². The van der Waals surface area contributed by atoms with E-state index in [-0.39, 0.29) is 6.04 Å². The highest BCUT2D eigenvalue weighted by molar-refractivity contribution is 5.51. The molecule has 0 radical (unpaired) electrons. The van der Waals surface area contributed by atoms with Gasteiger partial charge in [-0.25, -0.2) is 0 Å². The van der Waals surface area contributed by atoms with Gasteiger partial charge in [0.05, 0.1) is 6.04 Å². The predicted molar refractivity (Wildman–Crippen MR) is 96.9 cm³/mol. The normalized spacial score (nSPS) is 16.5. The summed E-state index contributed by atoms with van der Waals surface area (Å²) in [6.07, 6.45) is 0. The Morgan fingerprint density at radius 1 is 0.875 bits per heavy atom. The van der Waals surface area contributed by atoms with Crippen LogP contribution < -0.4 is 10.2 Å². The fourth-order valence-electron chi connectivity index (χ4n) is 3.24. The number of rotatable bonds is 4. The number of nitrogens with one attached hydrogen (secondary N) is 1. The van der Waals surface area contributed by atoms with Gasteiger partial charge in [0, 0.05) is 30.4 Å². The van der Waals surface area contributed by atoms with E-state index in [4.69, 9.17) is 4.84 Å². The maximum Gasteiger partial charge on any atom is 0.157 e. The van der Waals surface area contributed by atoms with Gasteiger partial charge >= 0.3 is 0 Å². The zero-order valence-corrected chi connectivity index (χ0v) is 13.6. The molecule has 1 heterocycles. The molecule has 1 N–H and O–H groups in total. The summed E-state index contributed by atoms with van der Waals surface area (Å²) in [5.74, 6) is 0.970. The highest BCUT2D eigenvalue weighted by Crippen LogP contribution is 2.42. The van der Waals surface area contributed by atoms with Crippen LogP contribution in [0.25, 0.3) is 0 Å². The molecular formula is C21H20N2O. The molecule has 0 saturated carbocycles. The van der Waals surface area contributed by atoms with Crippen LogP contribution in [0.2, 0.25) is 0 Å². The molecule has 0 aromatic heterocycles. The Hall–Kier alpha value is -2.78. The van der Waals surface area contributed by atoms with Gasteiger partial charge < -0.3 is 10.2 Å². The lowest BCUT2D eigenvalue weighted by Gasteiger charge is -2.18. The first-order valence-electron chi connectivity index (χ1n) is 8.19. The van der Waals surface area contributed by atoms with E-state index in [9.17, 15) is 0 Å². The maximum atomic E-state index is 6.09. The summed E-state index contributed by atoms with van der Waals surface area (Å²) < 4.78 is 0. The molecule has 4 rings (SSSR count). The van der Waals surface area contributed by atoms with Crippen molar-refractivity contribution in [1.82, 2.24) is 5.06 Å². The Morgan fingerprint density at radius 3 is 2.33 bits per heavy atom. The molecular weight excluding hydrogens is 296 g/mol. The van der Waals surface area contributed by atoms with E-state index in [0.717, 1.165) is 18.0 Å². The van der Waals surface area contributed by atoms with E-state index < -0.39 is 0 Å². The van der Waals surface area contributed by atoms with Crippen LogP contribution >= 0.6 is 0 Å². The number of para-hydroxylation sites is 2. The number of fused-ring (bicyclic) bond motifs is 1. The molecule has 1 aliphatic heterocycles. The van der Waals surface area contributed by atoms with Crippen molar-refractivity contribution in [2.24, 2.45) is 0 Å². The van der Waals surface area contributed by atoms with Gasteiger partial charge in [-0.3, -0.25) is 0 Å². The maximum absolute atomic E-state index is 6.09. The van der Waals surface area contributed by atoms with Gasteiger partial charge in [-0.15, -0.1) is 5.06 Å². The second kappa shape index (κ2) is 6.38. The van der Waals surface area contributed by atoms with E-state index in [1.807, 2.05) is 36.4 Å². The number of nitrogens with zero attached hydrogens (tertiary/aromatic N) is 1. The van der Waals surface area contributed by atoms with Gasteiger partial charge in [0.25, 0.3) is 0 Å². The van der Waals surface area contributed by atoms with Crippen molar-refractivity contribution in [2.45, 2.75) is 12.6 Å². The van der Waals surface area contributed by atoms with E-state index in [1.165, 1.54) is 16.7 Å². The van der Waals surface area contributed by atoms with Crippen molar-refractivity contribution < 1.29 is 4.84 Å². The van der Waals surface area contributed by atoms with Gasteiger partial charge in [0.1, 0.15) is 0 Å². The molecule has 0 spiro atoms. The van der Waals surface area contributed by atoms with Crippen LogP contribution in [0, 0.1) is 0 Å². The molecule has 3 heteroatoms. The first kappa shape index (κ1) is 14.8. The van der Waals surface area contributed by atoms with Gasteiger partial charge in [-0.05, 0) is 17.7 Å². The van der Waals surface area contributed by atoms with Crippen LogP contribution in [0.4, 0.5) is 5.69 Å². The van der Waals surface area contributed by atoms with Crippen LogP contribution in [0.1, 0.15) is 22.7 Å². The third-order valence-corrected chi connectivity index (χ3v) is 4.39. The summed E-state index contributed by atoms with van der Waals surface area (Å²) in [5, 5.41) is 5.40. The van der Waals surface area contributed by atoms with Gasteiger partial charge in [-0.2, -0.15) is 0 Å². The largest absolute Gasteiger partial charge is 0.405 e. The Labute approximate surface area is 142 Å². The van der Waals surface area contributed by atoms with Crippen LogP contribution in [0.15, 0.2) is 78.9 Å². The topological polar surface area (TPSA) is 24.5 Å². The van der Waals surface area contributed by atoms with Crippen LogP contribution in [-0.2, 0) is 6.54 Å². The fourth-order valence-corrected chi connectivity index (χ4v) is 3.24. The van der Waals surface area contributed by atoms with Crippen molar-refractivity contribution >= 4 is 5.69 Å². The molecule has 0 fully saturated rings. The molecule has 3 aromatic carbocycles. The number of hydroxylamine groups is 2. The van der Waals surface area contributed by atoms with Crippen LogP contribution in [-0.4, -0.2) is 12.1 Å². The summed E-state index contributed by atoms with van der Waals surface area (Å²) >= 11 is 0. The molecule has 1 atom stereocenters. The van der Waals surface area contributed by atoms with E-state index in [1.54, 1.807) is 0 Å². The fraction of sp³-hybridized carbons (Fsp3) is 0.143. The average molecular weight is 316 g/mol. The zero-order chi connectivity index (χ0) is 16.4. The first-order chi connectivity index (χ1) is 11.8. The van der Waals surface area contributed by atoms with E-state index in [2.05, 4.69) is 59.9 Å². The summed E-state index contributed by atoms with van der Waals surface area (Å²) in [6.45, 7) is 0.739. The molecule has 1 aliphatic rings. The highest BCUT2D eigenvalue weighted by atomic mass is 16.7. The zero-order valence-electron chi connectivity index (χ0n) is 13.6. The Balaban J connectivity index is 1.63. The molecule has 0 bridgehead atoms. The Morgan fingerprint density at radius 2 is 1.58 bits per heavy atom. The molecule has 1 unspecified atom stereocenters. The monoisotopic (exact) mass is 316 g/mol. The third kappa shape index (κ3) is 2.74. The number of benzene rings is 3. The second-order valence-electron chi connectivity index (χ2n) is 6.01. The van der Waals surface area contributed by atoms with Crippen LogP contribution in [0.3, 0.4) is 0 Å². The predicted octanol–water partition coefficient (Wildman–Crippen LogP) is 4.63. The Bertz CT molecular complexity index is 818. The van der Waals surface area contributed by atoms with Crippen molar-refractivity contribution in [3.63, 3.8) is 0 Å². The molecule has 0 amide bonds. The summed E-state index contributed by atoms with van der Waals surface area (Å²) in [6, 6.07) is 27.2. The average Bonchev–Trinajstić information content (AvgIpc) is 2.98. The molecule has 3 nitrogen and oxygen atoms in total. The summed E-state index contributed by atoms with van der Waals surface area (Å²) in [4.78, 5) is 6.09. The lowest BCUT2D eigenvalue weighted by Crippen LogP contribution is -2.21. The smallest absolute Gasteiger partial charge is 0.157 e. The summed E-state index contributed by atoms with van der Waals surface area (Å²) in [7, 11) is 1.99. The summed E-state index contributed by atoms with van der Waals surface area (Å²) in [5.41, 5.74) is 4.74. The van der Waals surface area contributed by atoms with Crippen molar-refractivity contribution in [3.8, 4) is 5.75 Å². The standard InChI is InChI=1S/C21H20N2O/c1-23-20(16-9-4-2-5-10-16)19-14-8-11-17(21(19)24-23)15-22-18-12-6-3-7-13-18/h2-14,20,22H,15H2,1H3. The highest BCUT2D eigenvalue weighted by Gasteiger charge is 2.32. The van der Waals surface area contributed by atoms with Crippen LogP contribution in [0.5, 0.6) is 5.75 Å². The second-order valence-corrected chi connectivity index (χ2v) is 6.01.